The molecular weight excluding hydrogens is 438 g/mol. The number of ether oxygens (including phenoxy) is 2. The van der Waals surface area contributed by atoms with Crippen molar-refractivity contribution in [1.29, 1.82) is 0 Å². The first kappa shape index (κ1) is 23.9. The van der Waals surface area contributed by atoms with Crippen molar-refractivity contribution in [3.63, 3.8) is 0 Å². The summed E-state index contributed by atoms with van der Waals surface area (Å²) in [6.45, 7) is 6.68. The number of hydrogen-bond donors (Lipinski definition) is 1. The summed E-state index contributed by atoms with van der Waals surface area (Å²) in [7, 11) is 1.70. The average Bonchev–Trinajstić information content (AvgIpc) is 2.84. The van der Waals surface area contributed by atoms with E-state index >= 15 is 0 Å². The number of esters is 1. The second-order valence-electron chi connectivity index (χ2n) is 8.34. The molecule has 0 unspecified atom stereocenters. The van der Waals surface area contributed by atoms with E-state index in [1.54, 1.807) is 31.3 Å². The molecule has 8 nitrogen and oxygen atoms in total. The maximum absolute atomic E-state index is 11.5. The summed E-state index contributed by atoms with van der Waals surface area (Å²) in [6.07, 6.45) is 7.08. The Morgan fingerprint density at radius 1 is 1.24 bits per heavy atom. The highest BCUT2D eigenvalue weighted by atomic mass is 32.2. The van der Waals surface area contributed by atoms with Gasteiger partial charge in [0.1, 0.15) is 11.8 Å². The van der Waals surface area contributed by atoms with Crippen LogP contribution in [0.1, 0.15) is 38.2 Å². The van der Waals surface area contributed by atoms with E-state index in [1.165, 1.54) is 10.5 Å². The third kappa shape index (κ3) is 6.23. The van der Waals surface area contributed by atoms with E-state index < -0.39 is 0 Å². The fourth-order valence-corrected chi connectivity index (χ4v) is 5.31. The van der Waals surface area contributed by atoms with Gasteiger partial charge in [-0.2, -0.15) is 0 Å². The number of carbonyl (C=O) groups excluding carboxylic acids is 1. The van der Waals surface area contributed by atoms with Gasteiger partial charge in [-0.15, -0.1) is 0 Å². The molecule has 0 saturated carbocycles. The SMILES string of the molecule is CCOC(=O)CCCN1CCC(NCc2ccc3c(c2)N(COC)c2nccnc2S3)CC1. The number of piperidine rings is 1. The average molecular weight is 472 g/mol. The zero-order valence-electron chi connectivity index (χ0n) is 19.5. The third-order valence-electron chi connectivity index (χ3n) is 6.02. The number of hydrogen-bond acceptors (Lipinski definition) is 9. The van der Waals surface area contributed by atoms with Crippen molar-refractivity contribution in [2.75, 3.05) is 45.0 Å². The molecule has 1 aromatic heterocycles. The Hall–Kier alpha value is -2.20. The summed E-state index contributed by atoms with van der Waals surface area (Å²) in [6, 6.07) is 7.11. The molecular formula is C24H33N5O3S. The minimum atomic E-state index is -0.0860. The molecule has 4 rings (SSSR count). The molecule has 1 fully saturated rings. The summed E-state index contributed by atoms with van der Waals surface area (Å²) >= 11 is 1.65. The molecule has 0 atom stereocenters. The number of anilines is 2. The van der Waals surface area contributed by atoms with Gasteiger partial charge in [-0.25, -0.2) is 9.97 Å². The zero-order chi connectivity index (χ0) is 23.0. The molecule has 1 aromatic carbocycles. The van der Waals surface area contributed by atoms with Gasteiger partial charge in [-0.3, -0.25) is 9.69 Å². The van der Waals surface area contributed by atoms with Crippen LogP contribution in [0.25, 0.3) is 0 Å². The van der Waals surface area contributed by atoms with Gasteiger partial charge in [0.2, 0.25) is 0 Å². The van der Waals surface area contributed by atoms with Crippen LogP contribution in [-0.2, 0) is 20.8 Å². The maximum Gasteiger partial charge on any atom is 0.305 e. The van der Waals surface area contributed by atoms with Gasteiger partial charge in [0.15, 0.2) is 5.82 Å². The van der Waals surface area contributed by atoms with Gasteiger partial charge in [-0.1, -0.05) is 17.8 Å². The molecule has 1 N–H and O–H groups in total. The molecule has 1 saturated heterocycles. The fourth-order valence-electron chi connectivity index (χ4n) is 4.33. The molecule has 0 bridgehead atoms. The van der Waals surface area contributed by atoms with Crippen molar-refractivity contribution < 1.29 is 14.3 Å². The predicted molar refractivity (Wildman–Crippen MR) is 129 cm³/mol. The lowest BCUT2D eigenvalue weighted by molar-refractivity contribution is -0.143. The normalized spacial score (nSPS) is 16.4. The number of fused-ring (bicyclic) bond motifs is 2. The fraction of sp³-hybridized carbons (Fsp3) is 0.542. The molecule has 33 heavy (non-hydrogen) atoms. The van der Waals surface area contributed by atoms with Gasteiger partial charge in [0.25, 0.3) is 0 Å². The Morgan fingerprint density at radius 2 is 2.06 bits per heavy atom. The quantitative estimate of drug-likeness (QED) is 0.523. The summed E-state index contributed by atoms with van der Waals surface area (Å²) in [5.41, 5.74) is 2.37. The van der Waals surface area contributed by atoms with Crippen molar-refractivity contribution in [3.8, 4) is 0 Å². The van der Waals surface area contributed by atoms with Gasteiger partial charge < -0.3 is 19.7 Å². The Bertz CT molecular complexity index is 936. The Kier molecular flexibility index (Phi) is 8.55. The first-order chi connectivity index (χ1) is 16.2. The van der Waals surface area contributed by atoms with Crippen molar-refractivity contribution in [1.82, 2.24) is 20.2 Å². The Labute approximate surface area is 200 Å². The molecule has 0 aliphatic carbocycles. The van der Waals surface area contributed by atoms with E-state index in [0.717, 1.165) is 62.0 Å². The Morgan fingerprint density at radius 3 is 2.85 bits per heavy atom. The number of nitrogens with one attached hydrogen (secondary N) is 1. The lowest BCUT2D eigenvalue weighted by atomic mass is 10.0. The molecule has 178 valence electrons. The van der Waals surface area contributed by atoms with Crippen LogP contribution in [0.5, 0.6) is 0 Å². The van der Waals surface area contributed by atoms with Crippen molar-refractivity contribution in [2.45, 2.75) is 55.1 Å². The maximum atomic E-state index is 11.5. The van der Waals surface area contributed by atoms with Gasteiger partial charge in [0.05, 0.1) is 12.3 Å². The topological polar surface area (TPSA) is 79.8 Å². The second-order valence-corrected chi connectivity index (χ2v) is 9.37. The molecule has 0 spiro atoms. The molecule has 9 heteroatoms. The minimum absolute atomic E-state index is 0.0860. The third-order valence-corrected chi connectivity index (χ3v) is 7.07. The van der Waals surface area contributed by atoms with E-state index in [1.807, 2.05) is 6.92 Å². The molecule has 2 aromatic rings. The number of nitrogens with zero attached hydrogens (tertiary/aromatic N) is 4. The second kappa shape index (κ2) is 11.8. The van der Waals surface area contributed by atoms with Crippen LogP contribution < -0.4 is 10.2 Å². The molecule has 0 amide bonds. The molecule has 2 aliphatic rings. The van der Waals surface area contributed by atoms with Crippen LogP contribution in [0.15, 0.2) is 40.5 Å². The number of methoxy groups -OCH3 is 1. The van der Waals surface area contributed by atoms with Crippen molar-refractivity contribution in [2.24, 2.45) is 0 Å². The van der Waals surface area contributed by atoms with Crippen LogP contribution >= 0.6 is 11.8 Å². The van der Waals surface area contributed by atoms with Crippen LogP contribution in [0.4, 0.5) is 11.5 Å². The number of carbonyl (C=O) groups is 1. The van der Waals surface area contributed by atoms with E-state index in [0.29, 0.717) is 25.8 Å². The van der Waals surface area contributed by atoms with Gasteiger partial charge >= 0.3 is 5.97 Å². The van der Waals surface area contributed by atoms with Crippen molar-refractivity contribution >= 4 is 29.2 Å². The molecule has 0 radical (unpaired) electrons. The number of likely N-dealkylation sites (tertiary alicyclic amines) is 1. The standard InChI is InChI=1S/C24H33N5O3S/c1-3-32-22(30)5-4-12-28-13-8-19(9-14-28)27-16-18-6-7-21-20(15-18)29(17-31-2)23-24(33-21)26-11-10-25-23/h6-7,10-11,15,19,27H,3-5,8-9,12-14,16-17H2,1-2H3. The minimum Gasteiger partial charge on any atom is -0.466 e. The monoisotopic (exact) mass is 471 g/mol. The van der Waals surface area contributed by atoms with E-state index in [9.17, 15) is 4.79 Å². The summed E-state index contributed by atoms with van der Waals surface area (Å²) in [5, 5.41) is 4.64. The van der Waals surface area contributed by atoms with Crippen LogP contribution in [0.2, 0.25) is 0 Å². The van der Waals surface area contributed by atoms with Crippen LogP contribution in [-0.4, -0.2) is 67.0 Å². The number of rotatable bonds is 10. The number of aromatic nitrogens is 2. The highest BCUT2D eigenvalue weighted by Crippen LogP contribution is 2.46. The van der Waals surface area contributed by atoms with E-state index in [-0.39, 0.29) is 5.97 Å². The highest BCUT2D eigenvalue weighted by Gasteiger charge is 2.26. The highest BCUT2D eigenvalue weighted by molar-refractivity contribution is 7.99. The van der Waals surface area contributed by atoms with E-state index in [4.69, 9.17) is 9.47 Å². The van der Waals surface area contributed by atoms with Crippen LogP contribution in [0, 0.1) is 0 Å². The summed E-state index contributed by atoms with van der Waals surface area (Å²) in [4.78, 5) is 26.2. The largest absolute Gasteiger partial charge is 0.466 e. The molecule has 3 heterocycles. The van der Waals surface area contributed by atoms with Gasteiger partial charge in [-0.05, 0) is 63.5 Å². The van der Waals surface area contributed by atoms with Gasteiger partial charge in [0, 0.05) is 43.4 Å². The van der Waals surface area contributed by atoms with E-state index in [2.05, 4.69) is 43.3 Å². The predicted octanol–water partition coefficient (Wildman–Crippen LogP) is 3.58. The smallest absolute Gasteiger partial charge is 0.305 e. The molecule has 2 aliphatic heterocycles. The summed E-state index contributed by atoms with van der Waals surface area (Å²) in [5.74, 6) is 0.759. The van der Waals surface area contributed by atoms with Crippen LogP contribution in [0.3, 0.4) is 0 Å². The first-order valence-electron chi connectivity index (χ1n) is 11.7. The lowest BCUT2D eigenvalue weighted by Gasteiger charge is -2.33. The first-order valence-corrected chi connectivity index (χ1v) is 12.5. The lowest BCUT2D eigenvalue weighted by Crippen LogP contribution is -2.42. The van der Waals surface area contributed by atoms with Crippen molar-refractivity contribution in [3.05, 3.63) is 36.2 Å². The zero-order valence-corrected chi connectivity index (χ0v) is 20.3. The number of benzene rings is 1. The summed E-state index contributed by atoms with van der Waals surface area (Å²) < 4.78 is 10.5. The Balaban J connectivity index is 1.28.